The van der Waals surface area contributed by atoms with E-state index in [-0.39, 0.29) is 6.04 Å². The summed E-state index contributed by atoms with van der Waals surface area (Å²) in [5.74, 6) is 0.218. The van der Waals surface area contributed by atoms with Gasteiger partial charge in [-0.1, -0.05) is 29.8 Å². The first-order valence-corrected chi connectivity index (χ1v) is 8.81. The van der Waals surface area contributed by atoms with Gasteiger partial charge in [0.05, 0.1) is 21.8 Å². The van der Waals surface area contributed by atoms with Crippen molar-refractivity contribution >= 4 is 39.9 Å². The lowest BCUT2D eigenvalue weighted by Gasteiger charge is -2.20. The average molecular weight is 368 g/mol. The Morgan fingerprint density at radius 1 is 1.19 bits per heavy atom. The predicted octanol–water partition coefficient (Wildman–Crippen LogP) is 3.07. The number of fused-ring (bicyclic) bond motifs is 1. The number of nitrogens with one attached hydrogen (secondary N) is 1. The van der Waals surface area contributed by atoms with Crippen LogP contribution in [-0.4, -0.2) is 35.0 Å². The zero-order chi connectivity index (χ0) is 18.1. The smallest absolute Gasteiger partial charge is 0.250 e. The zero-order valence-corrected chi connectivity index (χ0v) is 14.8. The molecular weight excluding hydrogens is 350 g/mol. The van der Waals surface area contributed by atoms with E-state index >= 15 is 0 Å². The van der Waals surface area contributed by atoms with Gasteiger partial charge < -0.3 is 16.0 Å². The van der Waals surface area contributed by atoms with Crippen LogP contribution in [0.25, 0.3) is 10.9 Å². The number of primary amides is 1. The molecule has 4 rings (SSSR count). The monoisotopic (exact) mass is 367 g/mol. The summed E-state index contributed by atoms with van der Waals surface area (Å²) in [5.41, 5.74) is 7.46. The van der Waals surface area contributed by atoms with Gasteiger partial charge in [-0.25, -0.2) is 9.97 Å². The van der Waals surface area contributed by atoms with E-state index in [1.54, 1.807) is 12.1 Å². The van der Waals surface area contributed by atoms with Gasteiger partial charge in [0.15, 0.2) is 0 Å². The first kappa shape index (κ1) is 16.6. The Kier molecular flexibility index (Phi) is 4.34. The van der Waals surface area contributed by atoms with Gasteiger partial charge in [-0.05, 0) is 30.7 Å². The summed E-state index contributed by atoms with van der Waals surface area (Å²) in [6, 6.07) is 13.4. The molecule has 7 heteroatoms. The molecule has 0 bridgehead atoms. The second-order valence-electron chi connectivity index (χ2n) is 6.32. The Morgan fingerprint density at radius 3 is 2.85 bits per heavy atom. The summed E-state index contributed by atoms with van der Waals surface area (Å²) < 4.78 is 0. The summed E-state index contributed by atoms with van der Waals surface area (Å²) in [7, 11) is 0. The zero-order valence-electron chi connectivity index (χ0n) is 14.0. The molecule has 0 spiro atoms. The van der Waals surface area contributed by atoms with Gasteiger partial charge in [0, 0.05) is 24.5 Å². The molecule has 3 N–H and O–H groups in total. The number of aromatic nitrogens is 2. The molecule has 1 amide bonds. The van der Waals surface area contributed by atoms with Gasteiger partial charge in [0.1, 0.15) is 12.1 Å². The first-order chi connectivity index (χ1) is 12.6. The van der Waals surface area contributed by atoms with Crippen molar-refractivity contribution in [1.82, 2.24) is 9.97 Å². The topological polar surface area (TPSA) is 84.1 Å². The number of carbonyl (C=O) groups is 1. The molecule has 1 unspecified atom stereocenters. The van der Waals surface area contributed by atoms with Crippen molar-refractivity contribution < 1.29 is 4.79 Å². The highest BCUT2D eigenvalue weighted by Crippen LogP contribution is 2.30. The third-order valence-electron chi connectivity index (χ3n) is 4.65. The number of halogens is 1. The average Bonchev–Trinajstić information content (AvgIpc) is 3.10. The molecule has 132 valence electrons. The molecule has 26 heavy (non-hydrogen) atoms. The maximum absolute atomic E-state index is 11.6. The Balaban J connectivity index is 1.58. The van der Waals surface area contributed by atoms with Gasteiger partial charge in [-0.3, -0.25) is 4.79 Å². The second-order valence-corrected chi connectivity index (χ2v) is 6.72. The van der Waals surface area contributed by atoms with Crippen molar-refractivity contribution in [2.45, 2.75) is 12.5 Å². The van der Waals surface area contributed by atoms with Crippen LogP contribution in [0, 0.1) is 0 Å². The molecule has 1 aliphatic heterocycles. The van der Waals surface area contributed by atoms with Crippen molar-refractivity contribution in [3.05, 3.63) is 59.4 Å². The van der Waals surface area contributed by atoms with Crippen LogP contribution in [0.15, 0.2) is 48.8 Å². The number of hydrogen-bond donors (Lipinski definition) is 2. The van der Waals surface area contributed by atoms with Crippen molar-refractivity contribution in [1.29, 1.82) is 0 Å². The van der Waals surface area contributed by atoms with Crippen LogP contribution in [-0.2, 0) is 0 Å². The van der Waals surface area contributed by atoms with Gasteiger partial charge in [0.25, 0.3) is 5.91 Å². The minimum atomic E-state index is -0.494. The minimum Gasteiger partial charge on any atom is -0.368 e. The van der Waals surface area contributed by atoms with E-state index in [2.05, 4.69) is 20.2 Å². The highest BCUT2D eigenvalue weighted by molar-refractivity contribution is 6.33. The number of amides is 1. The number of rotatable bonds is 4. The Bertz CT molecular complexity index is 977. The number of para-hydroxylation sites is 2. The largest absolute Gasteiger partial charge is 0.368 e. The number of anilines is 2. The lowest BCUT2D eigenvalue weighted by atomic mass is 10.1. The summed E-state index contributed by atoms with van der Waals surface area (Å²) in [4.78, 5) is 22.5. The number of carbonyl (C=O) groups excluding carboxylic acids is 1. The molecule has 2 aromatic carbocycles. The quantitative estimate of drug-likeness (QED) is 0.740. The van der Waals surface area contributed by atoms with E-state index in [1.807, 2.05) is 30.3 Å². The van der Waals surface area contributed by atoms with Crippen molar-refractivity contribution in [3.8, 4) is 0 Å². The number of hydrogen-bond acceptors (Lipinski definition) is 5. The first-order valence-electron chi connectivity index (χ1n) is 8.43. The normalized spacial score (nSPS) is 16.8. The molecule has 6 nitrogen and oxygen atoms in total. The second kappa shape index (κ2) is 6.80. The number of nitrogens with two attached hydrogens (primary N) is 1. The third-order valence-corrected chi connectivity index (χ3v) is 4.97. The van der Waals surface area contributed by atoms with Gasteiger partial charge >= 0.3 is 0 Å². The number of nitrogens with zero attached hydrogens (tertiary/aromatic N) is 3. The highest BCUT2D eigenvalue weighted by Gasteiger charge is 2.25. The van der Waals surface area contributed by atoms with Gasteiger partial charge in [0.2, 0.25) is 0 Å². The standard InChI is InChI=1S/C19H18ClN5O/c20-15-6-1-2-7-16(15)25-9-8-12(10-25)24-19-14-5-3-4-13(18(21)26)17(14)22-11-23-19/h1-7,11-12H,8-10H2,(H2,21,26)(H,22,23,24). The van der Waals surface area contributed by atoms with E-state index in [0.717, 1.165) is 35.6 Å². The maximum atomic E-state index is 11.6. The van der Waals surface area contributed by atoms with Crippen molar-refractivity contribution in [3.63, 3.8) is 0 Å². The van der Waals surface area contributed by atoms with Crippen LogP contribution in [0.4, 0.5) is 11.5 Å². The molecule has 1 saturated heterocycles. The molecule has 1 aliphatic rings. The molecule has 2 heterocycles. The number of benzene rings is 2. The molecule has 3 aromatic rings. The molecule has 0 saturated carbocycles. The predicted molar refractivity (Wildman–Crippen MR) is 104 cm³/mol. The fraction of sp³-hybridized carbons (Fsp3) is 0.211. The van der Waals surface area contributed by atoms with Gasteiger partial charge in [-0.15, -0.1) is 0 Å². The van der Waals surface area contributed by atoms with Crippen molar-refractivity contribution in [2.75, 3.05) is 23.3 Å². The van der Waals surface area contributed by atoms with Crippen LogP contribution < -0.4 is 16.0 Å². The van der Waals surface area contributed by atoms with Crippen LogP contribution in [0.2, 0.25) is 5.02 Å². The van der Waals surface area contributed by atoms with Crippen LogP contribution in [0.1, 0.15) is 16.8 Å². The van der Waals surface area contributed by atoms with Crippen molar-refractivity contribution in [2.24, 2.45) is 5.73 Å². The Hall–Kier alpha value is -2.86. The fourth-order valence-electron chi connectivity index (χ4n) is 3.40. The van der Waals surface area contributed by atoms with Crippen LogP contribution in [0.3, 0.4) is 0 Å². The summed E-state index contributed by atoms with van der Waals surface area (Å²) in [6.45, 7) is 1.74. The van der Waals surface area contributed by atoms with Gasteiger partial charge in [-0.2, -0.15) is 0 Å². The van der Waals surface area contributed by atoms with E-state index < -0.39 is 5.91 Å². The lowest BCUT2D eigenvalue weighted by molar-refractivity contribution is 0.100. The highest BCUT2D eigenvalue weighted by atomic mass is 35.5. The molecule has 0 aliphatic carbocycles. The van der Waals surface area contributed by atoms with E-state index in [1.165, 1.54) is 6.33 Å². The van der Waals surface area contributed by atoms with Crippen LogP contribution >= 0.6 is 11.6 Å². The van der Waals surface area contributed by atoms with Crippen LogP contribution in [0.5, 0.6) is 0 Å². The minimum absolute atomic E-state index is 0.224. The summed E-state index contributed by atoms with van der Waals surface area (Å²) >= 11 is 6.31. The summed E-state index contributed by atoms with van der Waals surface area (Å²) in [5, 5.41) is 5.03. The Labute approximate surface area is 156 Å². The Morgan fingerprint density at radius 2 is 2.04 bits per heavy atom. The molecule has 1 atom stereocenters. The fourth-order valence-corrected chi connectivity index (χ4v) is 3.66. The molecular formula is C19H18ClN5O. The van der Waals surface area contributed by atoms with E-state index in [4.69, 9.17) is 17.3 Å². The lowest BCUT2D eigenvalue weighted by Crippen LogP contribution is -2.26. The maximum Gasteiger partial charge on any atom is 0.250 e. The SMILES string of the molecule is NC(=O)c1cccc2c(NC3CCN(c4ccccc4Cl)C3)ncnc12. The molecule has 1 aromatic heterocycles. The molecule has 0 radical (unpaired) electrons. The van der Waals surface area contributed by atoms with E-state index in [0.29, 0.717) is 16.9 Å². The van der Waals surface area contributed by atoms with E-state index in [9.17, 15) is 4.79 Å². The summed E-state index contributed by atoms with van der Waals surface area (Å²) in [6.07, 6.45) is 2.42. The third kappa shape index (κ3) is 3.04. The molecule has 1 fully saturated rings.